The zero-order chi connectivity index (χ0) is 23.0. The van der Waals surface area contributed by atoms with Gasteiger partial charge in [-0.2, -0.15) is 0 Å². The van der Waals surface area contributed by atoms with E-state index in [0.29, 0.717) is 18.5 Å². The molecular weight excluding hydrogens is 427 g/mol. The first kappa shape index (κ1) is 26.5. The summed E-state index contributed by atoms with van der Waals surface area (Å²) in [5.74, 6) is -2.79. The Morgan fingerprint density at radius 3 is 1.50 bits per heavy atom. The average molecular weight is 463 g/mol. The molecule has 0 fully saturated rings. The van der Waals surface area contributed by atoms with Crippen LogP contribution >= 0.6 is 6.83 Å². The molecule has 0 bridgehead atoms. The van der Waals surface area contributed by atoms with Gasteiger partial charge in [-0.15, -0.1) is 0 Å². The van der Waals surface area contributed by atoms with E-state index in [9.17, 15) is 28.2 Å². The zero-order valence-electron chi connectivity index (χ0n) is 18.4. The molecule has 0 unspecified atom stereocenters. The molecule has 0 aliphatic carbocycles. The molecule has 1 rings (SSSR count). The van der Waals surface area contributed by atoms with Crippen molar-refractivity contribution < 1.29 is 32.2 Å². The monoisotopic (exact) mass is 462 g/mol. The van der Waals surface area contributed by atoms with E-state index in [0.717, 1.165) is 56.7 Å². The summed E-state index contributed by atoms with van der Waals surface area (Å²) < 4.78 is 32.7. The molecule has 0 spiro atoms. The molecule has 0 saturated heterocycles. The number of unbranched alkanes of at least 4 members (excludes halogenated alkanes) is 3. The molecule has 1 aromatic carbocycles. The van der Waals surface area contributed by atoms with Crippen molar-refractivity contribution in [3.05, 3.63) is 29.3 Å². The maximum absolute atomic E-state index is 13.3. The molecule has 0 radical (unpaired) electrons. The van der Waals surface area contributed by atoms with Crippen molar-refractivity contribution in [1.29, 1.82) is 0 Å². The van der Waals surface area contributed by atoms with Crippen LogP contribution in [-0.2, 0) is 14.1 Å². The Kier molecular flexibility index (Phi) is 9.46. The van der Waals surface area contributed by atoms with Crippen LogP contribution in [0.4, 0.5) is 0 Å². The van der Waals surface area contributed by atoms with Gasteiger partial charge >= 0.3 is 180 Å². The molecule has 2 N–H and O–H groups in total. The van der Waals surface area contributed by atoms with Gasteiger partial charge in [-0.05, 0) is 0 Å². The van der Waals surface area contributed by atoms with Gasteiger partial charge in [-0.1, -0.05) is 0 Å². The topological polar surface area (TPSA) is 118 Å². The van der Waals surface area contributed by atoms with Crippen molar-refractivity contribution >= 4 is 28.9 Å². The van der Waals surface area contributed by atoms with E-state index in [2.05, 4.69) is 0 Å². The number of aromatic carboxylic acids is 2. The quantitative estimate of drug-likeness (QED) is 0.361. The normalized spacial score (nSPS) is 13.5. The fraction of sp³-hybridized carbons (Fsp3) is 0.619. The van der Waals surface area contributed by atoms with E-state index in [1.54, 1.807) is 0 Å². The predicted molar refractivity (Wildman–Crippen MR) is 121 cm³/mol. The summed E-state index contributed by atoms with van der Waals surface area (Å²) in [5.41, 5.74) is -0.798. The number of carboxylic acids is 2. The summed E-state index contributed by atoms with van der Waals surface area (Å²) in [4.78, 5) is 22.4. The van der Waals surface area contributed by atoms with Gasteiger partial charge in [0.05, 0.1) is 0 Å². The van der Waals surface area contributed by atoms with Gasteiger partial charge in [-0.25, -0.2) is 0 Å². The molecule has 0 amide bonds. The van der Waals surface area contributed by atoms with Gasteiger partial charge in [0.25, 0.3) is 0 Å². The molecular formula is C21H35O7PS. The van der Waals surface area contributed by atoms with Crippen molar-refractivity contribution in [3.8, 4) is 0 Å². The van der Waals surface area contributed by atoms with E-state index >= 15 is 0 Å². The van der Waals surface area contributed by atoms with Crippen molar-refractivity contribution in [1.82, 2.24) is 0 Å². The van der Waals surface area contributed by atoms with Crippen molar-refractivity contribution in [2.75, 3.05) is 25.2 Å². The first-order valence-electron chi connectivity index (χ1n) is 10.5. The van der Waals surface area contributed by atoms with Crippen LogP contribution in [0.15, 0.2) is 23.1 Å². The Bertz CT molecular complexity index is 807. The molecule has 7 nitrogen and oxygen atoms in total. The molecule has 0 aromatic heterocycles. The van der Waals surface area contributed by atoms with Gasteiger partial charge in [0.15, 0.2) is 0 Å². The predicted octanol–water partition coefficient (Wildman–Crippen LogP) is 5.29. The van der Waals surface area contributed by atoms with Crippen LogP contribution in [0.2, 0.25) is 0 Å². The molecule has 1 aromatic rings. The van der Waals surface area contributed by atoms with Crippen molar-refractivity contribution in [2.45, 2.75) is 64.2 Å². The van der Waals surface area contributed by atoms with Gasteiger partial charge in [0.2, 0.25) is 0 Å². The summed E-state index contributed by atoms with van der Waals surface area (Å²) in [6.07, 6.45) is 7.26. The SMILES string of the molecule is CCCCP(C)(CCCC)(CCCC)OS(=O)(=O)c1cc(C(=O)O)cc(C(=O)O)c1. The van der Waals surface area contributed by atoms with Crippen LogP contribution < -0.4 is 0 Å². The van der Waals surface area contributed by atoms with Gasteiger partial charge < -0.3 is 0 Å². The van der Waals surface area contributed by atoms with E-state index in [1.165, 1.54) is 0 Å². The Morgan fingerprint density at radius 2 is 1.20 bits per heavy atom. The van der Waals surface area contributed by atoms with Crippen LogP contribution in [-0.4, -0.2) is 55.7 Å². The fourth-order valence-electron chi connectivity index (χ4n) is 3.60. The maximum atomic E-state index is 13.3. The number of carbonyl (C=O) groups is 2. The van der Waals surface area contributed by atoms with E-state index in [-0.39, 0.29) is 0 Å². The summed E-state index contributed by atoms with van der Waals surface area (Å²) in [7, 11) is -4.35. The van der Waals surface area contributed by atoms with E-state index in [4.69, 9.17) is 3.97 Å². The Hall–Kier alpha value is -1.50. The van der Waals surface area contributed by atoms with Crippen LogP contribution in [0.5, 0.6) is 0 Å². The molecule has 0 heterocycles. The number of hydrogen-bond donors (Lipinski definition) is 2. The molecule has 0 aliphatic heterocycles. The van der Waals surface area contributed by atoms with Gasteiger partial charge in [0, 0.05) is 0 Å². The third-order valence-electron chi connectivity index (χ3n) is 5.45. The number of rotatable bonds is 14. The van der Waals surface area contributed by atoms with Crippen LogP contribution in [0.25, 0.3) is 0 Å². The second kappa shape index (κ2) is 10.7. The Morgan fingerprint density at radius 1 is 0.833 bits per heavy atom. The van der Waals surface area contributed by atoms with E-state index in [1.807, 2.05) is 27.4 Å². The number of carboxylic acid groups (broad SMARTS) is 2. The van der Waals surface area contributed by atoms with E-state index < -0.39 is 44.9 Å². The van der Waals surface area contributed by atoms with Gasteiger partial charge in [0.1, 0.15) is 0 Å². The summed E-state index contributed by atoms with van der Waals surface area (Å²) >= 11 is 0. The van der Waals surface area contributed by atoms with Crippen LogP contribution in [0.3, 0.4) is 0 Å². The molecule has 0 aliphatic rings. The number of benzene rings is 1. The second-order valence-corrected chi connectivity index (χ2v) is 16.0. The third kappa shape index (κ3) is 7.03. The van der Waals surface area contributed by atoms with Crippen molar-refractivity contribution in [2.24, 2.45) is 0 Å². The number of hydrogen-bond acceptors (Lipinski definition) is 5. The van der Waals surface area contributed by atoms with Crippen LogP contribution in [0.1, 0.15) is 80.0 Å². The zero-order valence-corrected chi connectivity index (χ0v) is 20.1. The minimum absolute atomic E-state index is 0.399. The molecule has 172 valence electrons. The standard InChI is InChI=1S/C21H35O7PS/c1-5-8-11-29(4,12-9-6-2,13-10-7-3)28-30(26,27)19-15-17(20(22)23)14-18(16-19)21(24)25/h14-16H,5-13H2,1-4H3,(H,22,23)(H,24,25). The molecule has 30 heavy (non-hydrogen) atoms. The molecule has 9 heteroatoms. The first-order chi connectivity index (χ1) is 13.9. The summed E-state index contributed by atoms with van der Waals surface area (Å²) in [6, 6.07) is 2.90. The summed E-state index contributed by atoms with van der Waals surface area (Å²) in [5, 5.41) is 18.6. The Labute approximate surface area is 180 Å². The van der Waals surface area contributed by atoms with Crippen molar-refractivity contribution in [3.63, 3.8) is 0 Å². The Balaban J connectivity index is 3.56. The van der Waals surface area contributed by atoms with Crippen LogP contribution in [0, 0.1) is 0 Å². The third-order valence-corrected chi connectivity index (χ3v) is 13.6. The second-order valence-electron chi connectivity index (χ2n) is 8.31. The summed E-state index contributed by atoms with van der Waals surface area (Å²) in [6.45, 7) is 4.97. The minimum atomic E-state index is -4.35. The fourth-order valence-corrected chi connectivity index (χ4v) is 12.1. The van der Waals surface area contributed by atoms with Gasteiger partial charge in [-0.3, -0.25) is 0 Å². The average Bonchev–Trinajstić information content (AvgIpc) is 2.69. The molecule has 0 atom stereocenters. The molecule has 0 saturated carbocycles. The first-order valence-corrected chi connectivity index (χ1v) is 15.1.